The van der Waals surface area contributed by atoms with Crippen LogP contribution < -0.4 is 5.32 Å². The van der Waals surface area contributed by atoms with Crippen LogP contribution in [0.1, 0.15) is 25.7 Å². The van der Waals surface area contributed by atoms with Crippen LogP contribution in [-0.4, -0.2) is 19.0 Å². The van der Waals surface area contributed by atoms with E-state index in [9.17, 15) is 8.78 Å². The van der Waals surface area contributed by atoms with Crippen LogP contribution in [0, 0.1) is 11.8 Å². The maximum atomic E-state index is 13.5. The van der Waals surface area contributed by atoms with Gasteiger partial charge in [0.25, 0.3) is 5.92 Å². The molecule has 1 atom stereocenters. The van der Waals surface area contributed by atoms with Gasteiger partial charge >= 0.3 is 0 Å². The van der Waals surface area contributed by atoms with E-state index in [1.54, 1.807) is 0 Å². The van der Waals surface area contributed by atoms with Crippen molar-refractivity contribution in [3.63, 3.8) is 0 Å². The Balaban J connectivity index is 1.97. The third-order valence-corrected chi connectivity index (χ3v) is 3.25. The summed E-state index contributed by atoms with van der Waals surface area (Å²) < 4.78 is 27.1. The molecule has 0 aromatic rings. The van der Waals surface area contributed by atoms with E-state index in [2.05, 4.69) is 5.32 Å². The molecular weight excluding hydrogens is 160 g/mol. The molecule has 1 unspecified atom stereocenters. The fraction of sp³-hybridized carbons (Fsp3) is 1.00. The summed E-state index contributed by atoms with van der Waals surface area (Å²) in [5.41, 5.74) is 0. The van der Waals surface area contributed by atoms with Gasteiger partial charge in [0.2, 0.25) is 0 Å². The zero-order chi connectivity index (χ0) is 8.60. The van der Waals surface area contributed by atoms with Gasteiger partial charge in [0.1, 0.15) is 0 Å². The van der Waals surface area contributed by atoms with Crippen LogP contribution in [0.25, 0.3) is 0 Å². The lowest BCUT2D eigenvalue weighted by molar-refractivity contribution is -0.127. The molecule has 2 fully saturated rings. The molecule has 3 heteroatoms. The van der Waals surface area contributed by atoms with E-state index < -0.39 is 5.92 Å². The van der Waals surface area contributed by atoms with Crippen molar-refractivity contribution in [1.82, 2.24) is 5.32 Å². The number of hydrogen-bond acceptors (Lipinski definition) is 1. The molecular formula is C9H15F2N. The molecule has 0 aromatic carbocycles. The van der Waals surface area contributed by atoms with Crippen LogP contribution >= 0.6 is 0 Å². The van der Waals surface area contributed by atoms with Gasteiger partial charge in [0.05, 0.1) is 0 Å². The lowest BCUT2D eigenvalue weighted by Crippen LogP contribution is -2.41. The summed E-state index contributed by atoms with van der Waals surface area (Å²) in [4.78, 5) is 0. The summed E-state index contributed by atoms with van der Waals surface area (Å²) in [6.07, 6.45) is 3.14. The maximum absolute atomic E-state index is 13.5. The van der Waals surface area contributed by atoms with Crippen LogP contribution in [0.5, 0.6) is 0 Å². The summed E-state index contributed by atoms with van der Waals surface area (Å²) in [6.45, 7) is 1.29. The molecule has 0 radical (unpaired) electrons. The summed E-state index contributed by atoms with van der Waals surface area (Å²) in [5, 5.41) is 3.00. The van der Waals surface area contributed by atoms with Crippen molar-refractivity contribution in [1.29, 1.82) is 0 Å². The molecule has 1 saturated carbocycles. The lowest BCUT2D eigenvalue weighted by Gasteiger charge is -2.36. The van der Waals surface area contributed by atoms with E-state index >= 15 is 0 Å². The van der Waals surface area contributed by atoms with E-state index in [4.69, 9.17) is 0 Å². The molecule has 12 heavy (non-hydrogen) atoms. The molecule has 1 saturated heterocycles. The third-order valence-electron chi connectivity index (χ3n) is 3.25. The minimum Gasteiger partial charge on any atom is -0.316 e. The van der Waals surface area contributed by atoms with Crippen LogP contribution in [0.3, 0.4) is 0 Å². The Morgan fingerprint density at radius 2 is 1.83 bits per heavy atom. The molecule has 0 aromatic heterocycles. The Morgan fingerprint density at radius 3 is 2.25 bits per heavy atom. The van der Waals surface area contributed by atoms with E-state index in [0.717, 1.165) is 25.8 Å². The van der Waals surface area contributed by atoms with Crippen LogP contribution in [0.15, 0.2) is 0 Å². The molecule has 70 valence electrons. The van der Waals surface area contributed by atoms with E-state index in [0.29, 0.717) is 13.0 Å². The van der Waals surface area contributed by atoms with Gasteiger partial charge in [-0.3, -0.25) is 0 Å². The maximum Gasteiger partial charge on any atom is 0.254 e. The highest BCUT2D eigenvalue weighted by Crippen LogP contribution is 2.45. The van der Waals surface area contributed by atoms with Crippen molar-refractivity contribution in [3.8, 4) is 0 Å². The first kappa shape index (κ1) is 8.42. The highest BCUT2D eigenvalue weighted by molar-refractivity contribution is 4.92. The standard InChI is InChI=1S/C9H15F2N/c10-9(11,7-2-1-3-7)8-4-5-12-6-8/h7-8,12H,1-6H2. The molecule has 0 amide bonds. The average molecular weight is 175 g/mol. The average Bonchev–Trinajstić information content (AvgIpc) is 2.30. The van der Waals surface area contributed by atoms with Gasteiger partial charge < -0.3 is 5.32 Å². The van der Waals surface area contributed by atoms with Crippen molar-refractivity contribution in [2.24, 2.45) is 11.8 Å². The van der Waals surface area contributed by atoms with Crippen LogP contribution in [0.4, 0.5) is 8.78 Å². The second-order valence-corrected chi connectivity index (χ2v) is 3.99. The highest BCUT2D eigenvalue weighted by atomic mass is 19.3. The van der Waals surface area contributed by atoms with Gasteiger partial charge in [-0.1, -0.05) is 6.42 Å². The fourth-order valence-electron chi connectivity index (χ4n) is 2.11. The summed E-state index contributed by atoms with van der Waals surface area (Å²) in [6, 6.07) is 0. The van der Waals surface area contributed by atoms with Gasteiger partial charge in [-0.15, -0.1) is 0 Å². The third kappa shape index (κ3) is 1.24. The fourth-order valence-corrected chi connectivity index (χ4v) is 2.11. The SMILES string of the molecule is FC(F)(C1CCC1)C1CCNC1. The summed E-state index contributed by atoms with van der Waals surface area (Å²) in [5.74, 6) is -3.08. The quantitative estimate of drug-likeness (QED) is 0.677. The van der Waals surface area contributed by atoms with E-state index in [1.807, 2.05) is 0 Å². The molecule has 0 bridgehead atoms. The van der Waals surface area contributed by atoms with Gasteiger partial charge in [0.15, 0.2) is 0 Å². The first-order valence-electron chi connectivity index (χ1n) is 4.80. The summed E-state index contributed by atoms with van der Waals surface area (Å²) in [7, 11) is 0. The van der Waals surface area contributed by atoms with Crippen LogP contribution in [-0.2, 0) is 0 Å². The minimum atomic E-state index is -2.39. The first-order chi connectivity index (χ1) is 5.71. The Kier molecular flexibility index (Phi) is 2.07. The Bertz CT molecular complexity index is 160. The van der Waals surface area contributed by atoms with Crippen molar-refractivity contribution in [3.05, 3.63) is 0 Å². The zero-order valence-corrected chi connectivity index (χ0v) is 7.15. The van der Waals surface area contributed by atoms with Crippen molar-refractivity contribution in [2.45, 2.75) is 31.6 Å². The second kappa shape index (κ2) is 2.95. The van der Waals surface area contributed by atoms with Gasteiger partial charge in [-0.2, -0.15) is 0 Å². The first-order valence-corrected chi connectivity index (χ1v) is 4.80. The van der Waals surface area contributed by atoms with Gasteiger partial charge in [0, 0.05) is 18.4 Å². The minimum absolute atomic E-state index is 0.303. The molecule has 1 nitrogen and oxygen atoms in total. The zero-order valence-electron chi connectivity index (χ0n) is 7.15. The molecule has 1 aliphatic heterocycles. The topological polar surface area (TPSA) is 12.0 Å². The van der Waals surface area contributed by atoms with Crippen LogP contribution in [0.2, 0.25) is 0 Å². The van der Waals surface area contributed by atoms with Crippen molar-refractivity contribution < 1.29 is 8.78 Å². The normalized spacial score (nSPS) is 32.0. The molecule has 1 N–H and O–H groups in total. The van der Waals surface area contributed by atoms with Gasteiger partial charge in [-0.25, -0.2) is 8.78 Å². The highest BCUT2D eigenvalue weighted by Gasteiger charge is 2.49. The monoisotopic (exact) mass is 175 g/mol. The van der Waals surface area contributed by atoms with Crippen molar-refractivity contribution in [2.75, 3.05) is 13.1 Å². The molecule has 2 aliphatic rings. The Hall–Kier alpha value is -0.180. The molecule has 0 spiro atoms. The lowest BCUT2D eigenvalue weighted by atomic mass is 9.75. The number of nitrogens with one attached hydrogen (secondary N) is 1. The predicted octanol–water partition coefficient (Wildman–Crippen LogP) is 2.03. The Morgan fingerprint density at radius 1 is 1.08 bits per heavy atom. The number of hydrogen-bond donors (Lipinski definition) is 1. The largest absolute Gasteiger partial charge is 0.316 e. The molecule has 1 heterocycles. The predicted molar refractivity (Wildman–Crippen MR) is 43.3 cm³/mol. The molecule has 1 aliphatic carbocycles. The van der Waals surface area contributed by atoms with Crippen molar-refractivity contribution >= 4 is 0 Å². The number of rotatable bonds is 2. The van der Waals surface area contributed by atoms with Gasteiger partial charge in [-0.05, 0) is 25.8 Å². The Labute approximate surface area is 71.5 Å². The molecule has 2 rings (SSSR count). The second-order valence-electron chi connectivity index (χ2n) is 3.99. The number of halogens is 2. The summed E-state index contributed by atoms with van der Waals surface area (Å²) >= 11 is 0. The smallest absolute Gasteiger partial charge is 0.254 e. The number of alkyl halides is 2. The van der Waals surface area contributed by atoms with E-state index in [-0.39, 0.29) is 11.8 Å². The van der Waals surface area contributed by atoms with E-state index in [1.165, 1.54) is 0 Å².